The van der Waals surface area contributed by atoms with Crippen molar-refractivity contribution in [1.82, 2.24) is 15.0 Å². The van der Waals surface area contributed by atoms with Crippen molar-refractivity contribution in [2.45, 2.75) is 0 Å². The molecule has 2 aromatic heterocycles. The van der Waals surface area contributed by atoms with Crippen LogP contribution in [0.25, 0.3) is 97.8 Å². The molecule has 0 saturated heterocycles. The first-order valence-electron chi connectivity index (χ1n) is 16.4. The molecule has 0 atom stereocenters. The molecule has 0 aliphatic heterocycles. The van der Waals surface area contributed by atoms with Gasteiger partial charge in [0.15, 0.2) is 17.5 Å². The molecule has 0 fully saturated rings. The summed E-state index contributed by atoms with van der Waals surface area (Å²) in [6, 6.07) is 58.0. The van der Waals surface area contributed by atoms with Crippen LogP contribution in [0.2, 0.25) is 0 Å². The smallest absolute Gasteiger partial charge is 0.164 e. The average molecular weight is 642 g/mol. The highest BCUT2D eigenvalue weighted by Crippen LogP contribution is 2.43. The Balaban J connectivity index is 1.31. The maximum absolute atomic E-state index is 5.37. The lowest BCUT2D eigenvalue weighted by Crippen LogP contribution is -2.01. The molecule has 0 N–H and O–H groups in total. The number of thiophene rings is 1. The lowest BCUT2D eigenvalue weighted by atomic mass is 9.96. The first kappa shape index (κ1) is 27.8. The van der Waals surface area contributed by atoms with Gasteiger partial charge in [-0.1, -0.05) is 133 Å². The van der Waals surface area contributed by atoms with Crippen LogP contribution in [0.5, 0.6) is 0 Å². The van der Waals surface area contributed by atoms with E-state index < -0.39 is 0 Å². The number of nitrogens with zero attached hydrogens (tertiary/aromatic N) is 3. The molecule has 10 rings (SSSR count). The minimum absolute atomic E-state index is 0.654. The van der Waals surface area contributed by atoms with Crippen LogP contribution in [-0.2, 0) is 0 Å². The van der Waals surface area contributed by atoms with Crippen molar-refractivity contribution in [3.8, 4) is 45.3 Å². The van der Waals surface area contributed by atoms with Crippen molar-refractivity contribution in [2.24, 2.45) is 0 Å². The van der Waals surface area contributed by atoms with Crippen LogP contribution in [0.4, 0.5) is 0 Å². The Morgan fingerprint density at radius 2 is 0.959 bits per heavy atom. The van der Waals surface area contributed by atoms with E-state index in [1.807, 2.05) is 11.3 Å². The highest BCUT2D eigenvalue weighted by Gasteiger charge is 2.20. The summed E-state index contributed by atoms with van der Waals surface area (Å²) in [6.07, 6.45) is 0. The largest absolute Gasteiger partial charge is 0.208 e. The Bertz CT molecular complexity index is 2890. The number of rotatable bonds is 4. The van der Waals surface area contributed by atoms with Gasteiger partial charge in [0.05, 0.1) is 0 Å². The number of benzene rings is 8. The highest BCUT2D eigenvalue weighted by atomic mass is 32.1. The van der Waals surface area contributed by atoms with Gasteiger partial charge in [-0.25, -0.2) is 15.0 Å². The quantitative estimate of drug-likeness (QED) is 0.180. The maximum Gasteiger partial charge on any atom is 0.164 e. The second-order valence-electron chi connectivity index (χ2n) is 12.4. The zero-order chi connectivity index (χ0) is 32.3. The molecule has 0 radical (unpaired) electrons. The van der Waals surface area contributed by atoms with Crippen LogP contribution in [0, 0.1) is 0 Å². The highest BCUT2D eigenvalue weighted by molar-refractivity contribution is 7.26. The molecule has 0 aliphatic carbocycles. The lowest BCUT2D eigenvalue weighted by molar-refractivity contribution is 1.08. The van der Waals surface area contributed by atoms with E-state index in [2.05, 4.69) is 164 Å². The van der Waals surface area contributed by atoms with Crippen LogP contribution in [0.15, 0.2) is 164 Å². The first-order chi connectivity index (χ1) is 24.3. The molecule has 0 spiro atoms. The fraction of sp³-hybridized carbons (Fsp3) is 0. The van der Waals surface area contributed by atoms with Gasteiger partial charge >= 0.3 is 0 Å². The molecule has 10 aromatic rings. The average Bonchev–Trinajstić information content (AvgIpc) is 3.56. The molecule has 2 heterocycles. The van der Waals surface area contributed by atoms with Crippen molar-refractivity contribution >= 4 is 63.8 Å². The summed E-state index contributed by atoms with van der Waals surface area (Å²) in [5.41, 5.74) is 5.25. The molecule has 0 unspecified atom stereocenters. The Morgan fingerprint density at radius 3 is 1.80 bits per heavy atom. The molecule has 8 aromatic carbocycles. The Morgan fingerprint density at radius 1 is 0.327 bits per heavy atom. The fourth-order valence-electron chi connectivity index (χ4n) is 7.14. The topological polar surface area (TPSA) is 38.7 Å². The van der Waals surface area contributed by atoms with Crippen molar-refractivity contribution in [3.05, 3.63) is 164 Å². The van der Waals surface area contributed by atoms with Crippen LogP contribution in [-0.4, -0.2) is 15.0 Å². The van der Waals surface area contributed by atoms with Gasteiger partial charge < -0.3 is 0 Å². The third kappa shape index (κ3) is 4.68. The van der Waals surface area contributed by atoms with Crippen molar-refractivity contribution < 1.29 is 0 Å². The van der Waals surface area contributed by atoms with E-state index in [1.54, 1.807) is 0 Å². The zero-order valence-electron chi connectivity index (χ0n) is 26.3. The molecule has 0 bridgehead atoms. The summed E-state index contributed by atoms with van der Waals surface area (Å²) in [6.45, 7) is 0. The standard InChI is InChI=1S/C45H27N3S/c1-2-12-28(13-3-1)33-26-39(42-37-20-10-11-21-40(37)49-41(42)27-33)45-47-43(32-23-22-29-14-4-5-15-30(29)24-32)46-44(48-45)38-25-31-16-6-7-17-34(31)35-18-8-9-19-36(35)38/h1-27H. The Kier molecular flexibility index (Phi) is 6.36. The van der Waals surface area contributed by atoms with Gasteiger partial charge in [-0.2, -0.15) is 0 Å². The third-order valence-corrected chi connectivity index (χ3v) is 10.6. The third-order valence-electron chi connectivity index (χ3n) is 9.48. The van der Waals surface area contributed by atoms with Crippen LogP contribution < -0.4 is 0 Å². The van der Waals surface area contributed by atoms with Gasteiger partial charge in [-0.15, -0.1) is 11.3 Å². The second kappa shape index (κ2) is 11.2. The van der Waals surface area contributed by atoms with Crippen LogP contribution >= 0.6 is 11.3 Å². The summed E-state index contributed by atoms with van der Waals surface area (Å²) in [5, 5.41) is 9.39. The normalized spacial score (nSPS) is 11.7. The molecule has 4 heteroatoms. The van der Waals surface area contributed by atoms with Crippen molar-refractivity contribution in [2.75, 3.05) is 0 Å². The molecule has 0 aliphatic rings. The number of hydrogen-bond acceptors (Lipinski definition) is 4. The molecule has 3 nitrogen and oxygen atoms in total. The van der Waals surface area contributed by atoms with Gasteiger partial charge in [-0.05, 0) is 73.8 Å². The summed E-state index contributed by atoms with van der Waals surface area (Å²) >= 11 is 1.81. The van der Waals surface area contributed by atoms with E-state index in [-0.39, 0.29) is 0 Å². The minimum Gasteiger partial charge on any atom is -0.208 e. The van der Waals surface area contributed by atoms with E-state index in [0.29, 0.717) is 17.5 Å². The Labute approximate surface area is 286 Å². The van der Waals surface area contributed by atoms with E-state index in [0.717, 1.165) is 44.0 Å². The molecule has 49 heavy (non-hydrogen) atoms. The number of hydrogen-bond donors (Lipinski definition) is 0. The van der Waals surface area contributed by atoms with Crippen LogP contribution in [0.3, 0.4) is 0 Å². The lowest BCUT2D eigenvalue weighted by Gasteiger charge is -2.14. The van der Waals surface area contributed by atoms with Gasteiger partial charge in [0.2, 0.25) is 0 Å². The predicted molar refractivity (Wildman–Crippen MR) is 207 cm³/mol. The summed E-state index contributed by atoms with van der Waals surface area (Å²) < 4.78 is 2.46. The SMILES string of the molecule is c1ccc(-c2cc(-c3nc(-c4ccc5ccccc5c4)nc(-c4cc5ccccc5c5ccccc45)n3)c3c(c2)sc2ccccc23)cc1. The monoisotopic (exact) mass is 641 g/mol. The van der Waals surface area contributed by atoms with E-state index in [4.69, 9.17) is 15.0 Å². The maximum atomic E-state index is 5.37. The van der Waals surface area contributed by atoms with Gasteiger partial charge in [0.25, 0.3) is 0 Å². The second-order valence-corrected chi connectivity index (χ2v) is 13.5. The molecular formula is C45H27N3S. The van der Waals surface area contributed by atoms with Gasteiger partial charge in [-0.3, -0.25) is 0 Å². The van der Waals surface area contributed by atoms with Crippen LogP contribution in [0.1, 0.15) is 0 Å². The van der Waals surface area contributed by atoms with Crippen molar-refractivity contribution in [3.63, 3.8) is 0 Å². The number of aromatic nitrogens is 3. The first-order valence-corrected chi connectivity index (χ1v) is 17.3. The predicted octanol–water partition coefficient (Wildman–Crippen LogP) is 12.4. The van der Waals surface area contributed by atoms with Crippen molar-refractivity contribution in [1.29, 1.82) is 0 Å². The molecule has 0 amide bonds. The molecular weight excluding hydrogens is 615 g/mol. The molecule has 228 valence electrons. The Hall–Kier alpha value is -6.23. The fourth-order valence-corrected chi connectivity index (χ4v) is 8.31. The van der Waals surface area contributed by atoms with E-state index >= 15 is 0 Å². The zero-order valence-corrected chi connectivity index (χ0v) is 27.2. The minimum atomic E-state index is 0.654. The van der Waals surface area contributed by atoms with Gasteiger partial charge in [0.1, 0.15) is 0 Å². The number of fused-ring (bicyclic) bond motifs is 7. The summed E-state index contributed by atoms with van der Waals surface area (Å²) in [7, 11) is 0. The summed E-state index contributed by atoms with van der Waals surface area (Å²) in [5.74, 6) is 1.98. The molecule has 0 saturated carbocycles. The van der Waals surface area contributed by atoms with E-state index in [9.17, 15) is 0 Å². The summed E-state index contributed by atoms with van der Waals surface area (Å²) in [4.78, 5) is 15.9. The van der Waals surface area contributed by atoms with E-state index in [1.165, 1.54) is 36.3 Å². The van der Waals surface area contributed by atoms with Gasteiger partial charge in [0, 0.05) is 36.9 Å².